The molecule has 0 aromatic heterocycles. The van der Waals surface area contributed by atoms with Crippen molar-refractivity contribution >= 4 is 49.8 Å². The Hall–Kier alpha value is -3.90. The molecule has 5 nitrogen and oxygen atoms in total. The van der Waals surface area contributed by atoms with Gasteiger partial charge in [0.15, 0.2) is 0 Å². The maximum absolute atomic E-state index is 13.7. The van der Waals surface area contributed by atoms with Crippen LogP contribution in [-0.4, -0.2) is 23.9 Å². The zero-order chi connectivity index (χ0) is 27.2. The van der Waals surface area contributed by atoms with Crippen molar-refractivity contribution in [3.63, 3.8) is 0 Å². The van der Waals surface area contributed by atoms with Crippen LogP contribution in [0.1, 0.15) is 43.5 Å². The van der Waals surface area contributed by atoms with Crippen molar-refractivity contribution in [1.82, 2.24) is 0 Å². The Morgan fingerprint density at radius 2 is 1.61 bits per heavy atom. The van der Waals surface area contributed by atoms with Crippen molar-refractivity contribution in [2.75, 3.05) is 12.0 Å². The molecule has 0 radical (unpaired) electrons. The number of anilines is 1. The number of hydrogen-bond acceptors (Lipinski definition) is 4. The van der Waals surface area contributed by atoms with Gasteiger partial charge in [-0.2, -0.15) is 0 Å². The van der Waals surface area contributed by atoms with Crippen LogP contribution >= 0.6 is 15.9 Å². The Balaban J connectivity index is 1.75. The molecule has 6 heteroatoms. The summed E-state index contributed by atoms with van der Waals surface area (Å²) in [6, 6.07) is 25.6. The standard InChI is InChI=1S/C32H28BrNO4/c1-32(2,3)22-15-12-20(13-16-22)28-27(29(35)21-14-17-26(38-4)24(33)18-21)30(36)31(37)34(28)25-11-7-9-19-8-5-6-10-23(19)25/h5-18,28,35H,1-4H3/b29-27+. The second kappa shape index (κ2) is 9.76. The quantitative estimate of drug-likeness (QED) is 0.157. The van der Waals surface area contributed by atoms with Gasteiger partial charge >= 0.3 is 0 Å². The van der Waals surface area contributed by atoms with Crippen molar-refractivity contribution in [2.24, 2.45) is 0 Å². The predicted molar refractivity (Wildman–Crippen MR) is 155 cm³/mol. The smallest absolute Gasteiger partial charge is 0.300 e. The van der Waals surface area contributed by atoms with E-state index in [9.17, 15) is 14.7 Å². The number of methoxy groups -OCH3 is 1. The Morgan fingerprint density at radius 1 is 0.921 bits per heavy atom. The lowest BCUT2D eigenvalue weighted by molar-refractivity contribution is -0.132. The number of Topliss-reactive ketones (excluding diaryl/α,β-unsaturated/α-hetero) is 1. The molecule has 0 saturated carbocycles. The fourth-order valence-electron chi connectivity index (χ4n) is 4.95. The molecule has 38 heavy (non-hydrogen) atoms. The Bertz CT molecular complexity index is 1590. The van der Waals surface area contributed by atoms with Gasteiger partial charge in [0.2, 0.25) is 0 Å². The summed E-state index contributed by atoms with van der Waals surface area (Å²) in [5, 5.41) is 13.3. The highest BCUT2D eigenvalue weighted by atomic mass is 79.9. The summed E-state index contributed by atoms with van der Waals surface area (Å²) in [5.74, 6) is -1.06. The summed E-state index contributed by atoms with van der Waals surface area (Å²) in [5.41, 5.74) is 2.87. The SMILES string of the molecule is COc1ccc(/C(O)=C2\C(=O)C(=O)N(c3cccc4ccccc34)C2c2ccc(C(C)(C)C)cc2)cc1Br. The van der Waals surface area contributed by atoms with Gasteiger partial charge < -0.3 is 9.84 Å². The maximum Gasteiger partial charge on any atom is 0.300 e. The third-order valence-corrected chi connectivity index (χ3v) is 7.61. The fraction of sp³-hybridized carbons (Fsp3) is 0.188. The van der Waals surface area contributed by atoms with Gasteiger partial charge in [-0.05, 0) is 62.1 Å². The van der Waals surface area contributed by atoms with E-state index in [1.54, 1.807) is 25.3 Å². The molecule has 1 atom stereocenters. The topological polar surface area (TPSA) is 66.8 Å². The van der Waals surface area contributed by atoms with E-state index in [0.29, 0.717) is 21.5 Å². The molecule has 1 heterocycles. The van der Waals surface area contributed by atoms with Crippen molar-refractivity contribution in [1.29, 1.82) is 0 Å². The number of aliphatic hydroxyl groups is 1. The van der Waals surface area contributed by atoms with Crippen LogP contribution in [0.3, 0.4) is 0 Å². The maximum atomic E-state index is 13.7. The van der Waals surface area contributed by atoms with Crippen molar-refractivity contribution in [2.45, 2.75) is 32.2 Å². The molecule has 1 N–H and O–H groups in total. The molecular formula is C32H28BrNO4. The van der Waals surface area contributed by atoms with Crippen LogP contribution in [0.5, 0.6) is 5.75 Å². The summed E-state index contributed by atoms with van der Waals surface area (Å²) in [7, 11) is 1.55. The molecule has 1 aliphatic heterocycles. The van der Waals surface area contributed by atoms with Crippen LogP contribution in [0.2, 0.25) is 0 Å². The Kier molecular flexibility index (Phi) is 6.61. The van der Waals surface area contributed by atoms with Crippen LogP contribution in [0.4, 0.5) is 5.69 Å². The normalized spacial score (nSPS) is 17.3. The van der Waals surface area contributed by atoms with Gasteiger partial charge in [0, 0.05) is 10.9 Å². The third-order valence-electron chi connectivity index (χ3n) is 6.99. The number of carbonyl (C=O) groups excluding carboxylic acids is 2. The van der Waals surface area contributed by atoms with Crippen molar-refractivity contribution in [3.05, 3.63) is 112 Å². The molecule has 0 bridgehead atoms. The number of hydrogen-bond donors (Lipinski definition) is 1. The molecule has 0 spiro atoms. The number of rotatable bonds is 4. The van der Waals surface area contributed by atoms with Crippen LogP contribution < -0.4 is 9.64 Å². The van der Waals surface area contributed by atoms with Crippen LogP contribution in [0, 0.1) is 0 Å². The minimum absolute atomic E-state index is 0.0449. The van der Waals surface area contributed by atoms with E-state index in [1.165, 1.54) is 4.90 Å². The second-order valence-corrected chi connectivity index (χ2v) is 11.2. The van der Waals surface area contributed by atoms with E-state index in [4.69, 9.17) is 4.74 Å². The Labute approximate surface area is 230 Å². The minimum Gasteiger partial charge on any atom is -0.507 e. The number of carbonyl (C=O) groups is 2. The minimum atomic E-state index is -0.810. The van der Waals surface area contributed by atoms with Crippen LogP contribution in [0.15, 0.2) is 95.0 Å². The lowest BCUT2D eigenvalue weighted by Gasteiger charge is -2.27. The highest BCUT2D eigenvalue weighted by molar-refractivity contribution is 9.10. The lowest BCUT2D eigenvalue weighted by atomic mass is 9.85. The largest absolute Gasteiger partial charge is 0.507 e. The number of nitrogens with zero attached hydrogens (tertiary/aromatic N) is 1. The van der Waals surface area contributed by atoms with E-state index < -0.39 is 17.7 Å². The van der Waals surface area contributed by atoms with E-state index in [-0.39, 0.29) is 16.7 Å². The summed E-state index contributed by atoms with van der Waals surface area (Å²) in [4.78, 5) is 28.8. The first-order valence-corrected chi connectivity index (χ1v) is 13.1. The summed E-state index contributed by atoms with van der Waals surface area (Å²) < 4.78 is 5.94. The highest BCUT2D eigenvalue weighted by Gasteiger charge is 2.47. The molecule has 0 aliphatic carbocycles. The van der Waals surface area contributed by atoms with Crippen LogP contribution in [-0.2, 0) is 15.0 Å². The summed E-state index contributed by atoms with van der Waals surface area (Å²) in [6.45, 7) is 6.39. The van der Waals surface area contributed by atoms with E-state index in [0.717, 1.165) is 21.9 Å². The number of aliphatic hydroxyl groups excluding tert-OH is 1. The third kappa shape index (κ3) is 4.39. The molecule has 5 rings (SSSR count). The zero-order valence-corrected chi connectivity index (χ0v) is 23.2. The number of amides is 1. The first-order valence-electron chi connectivity index (χ1n) is 12.3. The predicted octanol–water partition coefficient (Wildman–Crippen LogP) is 7.53. The van der Waals surface area contributed by atoms with Gasteiger partial charge in [0.1, 0.15) is 11.5 Å². The molecule has 192 valence electrons. The number of halogens is 1. The van der Waals surface area contributed by atoms with E-state index in [1.807, 2.05) is 66.7 Å². The van der Waals surface area contributed by atoms with E-state index in [2.05, 4.69) is 36.7 Å². The summed E-state index contributed by atoms with van der Waals surface area (Å²) >= 11 is 3.45. The molecule has 4 aromatic rings. The van der Waals surface area contributed by atoms with Gasteiger partial charge in [-0.1, -0.05) is 81.4 Å². The Morgan fingerprint density at radius 3 is 2.26 bits per heavy atom. The summed E-state index contributed by atoms with van der Waals surface area (Å²) in [6.07, 6.45) is 0. The van der Waals surface area contributed by atoms with Gasteiger partial charge in [-0.15, -0.1) is 0 Å². The van der Waals surface area contributed by atoms with Gasteiger partial charge in [0.05, 0.1) is 28.9 Å². The average Bonchev–Trinajstić information content (AvgIpc) is 3.17. The molecule has 1 amide bonds. The number of ether oxygens (including phenoxy) is 1. The van der Waals surface area contributed by atoms with Gasteiger partial charge in [-0.25, -0.2) is 0 Å². The van der Waals surface area contributed by atoms with Crippen molar-refractivity contribution < 1.29 is 19.4 Å². The number of ketones is 1. The molecule has 1 unspecified atom stereocenters. The first-order chi connectivity index (χ1) is 18.1. The number of fused-ring (bicyclic) bond motifs is 1. The molecule has 1 aliphatic rings. The lowest BCUT2D eigenvalue weighted by Crippen LogP contribution is -2.29. The average molecular weight is 570 g/mol. The number of benzene rings is 4. The highest BCUT2D eigenvalue weighted by Crippen LogP contribution is 2.45. The van der Waals surface area contributed by atoms with Gasteiger partial charge in [0.25, 0.3) is 11.7 Å². The van der Waals surface area contributed by atoms with E-state index >= 15 is 0 Å². The molecule has 1 saturated heterocycles. The second-order valence-electron chi connectivity index (χ2n) is 10.4. The molecular weight excluding hydrogens is 542 g/mol. The van der Waals surface area contributed by atoms with Gasteiger partial charge in [-0.3, -0.25) is 14.5 Å². The monoisotopic (exact) mass is 569 g/mol. The van der Waals surface area contributed by atoms with Crippen molar-refractivity contribution in [3.8, 4) is 5.75 Å². The molecule has 1 fully saturated rings. The fourth-order valence-corrected chi connectivity index (χ4v) is 5.49. The first kappa shape index (κ1) is 25.7. The zero-order valence-electron chi connectivity index (χ0n) is 21.7. The van der Waals surface area contributed by atoms with Crippen LogP contribution in [0.25, 0.3) is 16.5 Å². The molecule has 4 aromatic carbocycles.